The molecule has 1 saturated heterocycles. The van der Waals surface area contributed by atoms with E-state index in [4.69, 9.17) is 4.74 Å². The lowest BCUT2D eigenvalue weighted by Crippen LogP contribution is -2.30. The highest BCUT2D eigenvalue weighted by atomic mass is 16.5. The molecule has 0 aliphatic carbocycles. The first-order chi connectivity index (χ1) is 11.2. The van der Waals surface area contributed by atoms with Gasteiger partial charge in [0, 0.05) is 24.3 Å². The monoisotopic (exact) mass is 309 g/mol. The summed E-state index contributed by atoms with van der Waals surface area (Å²) in [6.45, 7) is 6.07. The molecule has 23 heavy (non-hydrogen) atoms. The first kappa shape index (κ1) is 15.5. The summed E-state index contributed by atoms with van der Waals surface area (Å²) in [5, 5.41) is 9.46. The van der Waals surface area contributed by atoms with Gasteiger partial charge in [-0.25, -0.2) is 0 Å². The summed E-state index contributed by atoms with van der Waals surface area (Å²) >= 11 is 0. The van der Waals surface area contributed by atoms with Gasteiger partial charge in [0.25, 0.3) is 0 Å². The van der Waals surface area contributed by atoms with Crippen LogP contribution in [-0.2, 0) is 0 Å². The summed E-state index contributed by atoms with van der Waals surface area (Å²) < 4.78 is 5.77. The minimum absolute atomic E-state index is 0.146. The maximum atomic E-state index is 9.46. The number of hydrogen-bond donors (Lipinski definition) is 1. The minimum atomic E-state index is 0.146. The number of aromatic nitrogens is 1. The van der Waals surface area contributed by atoms with Crippen LogP contribution in [0.5, 0.6) is 5.75 Å². The van der Waals surface area contributed by atoms with Gasteiger partial charge in [0.1, 0.15) is 17.6 Å². The zero-order chi connectivity index (χ0) is 16.2. The van der Waals surface area contributed by atoms with E-state index in [9.17, 15) is 5.26 Å². The van der Waals surface area contributed by atoms with Crippen molar-refractivity contribution in [2.75, 3.05) is 18.0 Å². The van der Waals surface area contributed by atoms with Crippen LogP contribution in [0.15, 0.2) is 30.3 Å². The fourth-order valence-electron chi connectivity index (χ4n) is 3.06. The topological polar surface area (TPSA) is 52.0 Å². The lowest BCUT2D eigenvalue weighted by atomic mass is 10.1. The van der Waals surface area contributed by atoms with Crippen LogP contribution in [0.4, 0.5) is 5.82 Å². The third-order valence-corrected chi connectivity index (χ3v) is 4.11. The zero-order valence-electron chi connectivity index (χ0n) is 13.8. The van der Waals surface area contributed by atoms with E-state index in [1.807, 2.05) is 44.2 Å². The molecule has 4 nitrogen and oxygen atoms in total. The van der Waals surface area contributed by atoms with Crippen molar-refractivity contribution < 1.29 is 4.74 Å². The molecule has 1 fully saturated rings. The van der Waals surface area contributed by atoms with E-state index in [-0.39, 0.29) is 6.10 Å². The second kappa shape index (κ2) is 6.78. The van der Waals surface area contributed by atoms with Gasteiger partial charge in [-0.05, 0) is 51.3 Å². The van der Waals surface area contributed by atoms with Crippen LogP contribution in [0, 0.1) is 11.3 Å². The normalized spacial score (nSPS) is 14.8. The molecule has 0 radical (unpaired) electrons. The fraction of sp³-hybridized carbons (Fsp3) is 0.421. The predicted molar refractivity (Wildman–Crippen MR) is 92.8 cm³/mol. The van der Waals surface area contributed by atoms with Crippen LogP contribution < -0.4 is 9.64 Å². The number of benzene rings is 1. The molecule has 3 rings (SSSR count). The Morgan fingerprint density at radius 1 is 1.17 bits per heavy atom. The van der Waals surface area contributed by atoms with Gasteiger partial charge >= 0.3 is 0 Å². The molecule has 0 amide bonds. The average Bonchev–Trinajstić information content (AvgIpc) is 3.00. The molecule has 0 spiro atoms. The second-order valence-electron chi connectivity index (χ2n) is 6.30. The van der Waals surface area contributed by atoms with Gasteiger partial charge in [0.05, 0.1) is 11.7 Å². The van der Waals surface area contributed by atoms with E-state index in [0.717, 1.165) is 41.5 Å². The molecule has 1 aliphatic rings. The number of rotatable bonds is 4. The van der Waals surface area contributed by atoms with Gasteiger partial charge in [-0.3, -0.25) is 0 Å². The second-order valence-corrected chi connectivity index (χ2v) is 6.30. The third-order valence-electron chi connectivity index (χ3n) is 4.11. The summed E-state index contributed by atoms with van der Waals surface area (Å²) in [5.41, 5.74) is 2.73. The number of H-pyrrole nitrogens is 1. The Balaban J connectivity index is 1.91. The molecule has 2 aromatic rings. The Hall–Kier alpha value is -2.41. The van der Waals surface area contributed by atoms with Gasteiger partial charge in [-0.15, -0.1) is 0 Å². The minimum Gasteiger partial charge on any atom is -0.491 e. The zero-order valence-corrected chi connectivity index (χ0v) is 13.8. The maximum Gasteiger partial charge on any atom is 0.124 e. The molecule has 0 saturated carbocycles. The summed E-state index contributed by atoms with van der Waals surface area (Å²) in [6, 6.07) is 12.3. The summed E-state index contributed by atoms with van der Waals surface area (Å²) in [6.07, 6.45) is 3.81. The highest BCUT2D eigenvalue weighted by Crippen LogP contribution is 2.30. The maximum absolute atomic E-state index is 9.46. The molecule has 1 aromatic heterocycles. The predicted octanol–water partition coefficient (Wildman–Crippen LogP) is 4.33. The lowest BCUT2D eigenvalue weighted by Gasteiger charge is -2.27. The van der Waals surface area contributed by atoms with Crippen molar-refractivity contribution in [3.05, 3.63) is 35.9 Å². The van der Waals surface area contributed by atoms with Gasteiger partial charge in [-0.1, -0.05) is 12.1 Å². The molecule has 4 heteroatoms. The van der Waals surface area contributed by atoms with E-state index in [1.54, 1.807) is 0 Å². The van der Waals surface area contributed by atoms with E-state index in [0.29, 0.717) is 0 Å². The fourth-order valence-corrected chi connectivity index (χ4v) is 3.06. The van der Waals surface area contributed by atoms with E-state index in [1.165, 1.54) is 19.3 Å². The Labute approximate surface area is 137 Å². The van der Waals surface area contributed by atoms with Gasteiger partial charge < -0.3 is 14.6 Å². The summed E-state index contributed by atoms with van der Waals surface area (Å²) in [5.74, 6) is 1.81. The SMILES string of the molecule is CC(C)Oc1cccc(-c2cc(C#N)c(N3CCCCC3)[nH]2)c1. The Morgan fingerprint density at radius 3 is 2.65 bits per heavy atom. The molecule has 1 aromatic carbocycles. The largest absolute Gasteiger partial charge is 0.491 e. The van der Waals surface area contributed by atoms with E-state index in [2.05, 4.69) is 16.0 Å². The van der Waals surface area contributed by atoms with Gasteiger partial charge in [0.15, 0.2) is 0 Å². The first-order valence-electron chi connectivity index (χ1n) is 8.32. The quantitative estimate of drug-likeness (QED) is 0.914. The lowest BCUT2D eigenvalue weighted by molar-refractivity contribution is 0.242. The molecule has 0 bridgehead atoms. The van der Waals surface area contributed by atoms with Crippen molar-refractivity contribution in [3.63, 3.8) is 0 Å². The van der Waals surface area contributed by atoms with Gasteiger partial charge in [0.2, 0.25) is 0 Å². The molecular weight excluding hydrogens is 286 g/mol. The molecule has 120 valence electrons. The smallest absolute Gasteiger partial charge is 0.124 e. The standard InChI is InChI=1S/C19H23N3O/c1-14(2)23-17-8-6-7-15(11-17)18-12-16(13-20)19(21-18)22-9-4-3-5-10-22/h6-8,11-12,14,21H,3-5,9-10H2,1-2H3. The Bertz CT molecular complexity index is 706. The first-order valence-corrected chi connectivity index (χ1v) is 8.32. The van der Waals surface area contributed by atoms with E-state index < -0.39 is 0 Å². The van der Waals surface area contributed by atoms with Crippen molar-refractivity contribution in [3.8, 4) is 23.1 Å². The Kier molecular flexibility index (Phi) is 4.57. The van der Waals surface area contributed by atoms with Crippen molar-refractivity contribution >= 4 is 5.82 Å². The highest BCUT2D eigenvalue weighted by molar-refractivity contribution is 5.70. The molecule has 1 aliphatic heterocycles. The van der Waals surface area contributed by atoms with Crippen molar-refractivity contribution in [1.82, 2.24) is 4.98 Å². The number of anilines is 1. The Morgan fingerprint density at radius 2 is 1.96 bits per heavy atom. The molecular formula is C19H23N3O. The number of piperidine rings is 1. The third kappa shape index (κ3) is 3.50. The number of nitriles is 1. The number of hydrogen-bond acceptors (Lipinski definition) is 3. The highest BCUT2D eigenvalue weighted by Gasteiger charge is 2.18. The number of nitrogens with one attached hydrogen (secondary N) is 1. The molecule has 0 unspecified atom stereocenters. The molecule has 0 atom stereocenters. The number of nitrogens with zero attached hydrogens (tertiary/aromatic N) is 2. The van der Waals surface area contributed by atoms with Crippen LogP contribution in [0.25, 0.3) is 11.3 Å². The van der Waals surface area contributed by atoms with Crippen LogP contribution >= 0.6 is 0 Å². The van der Waals surface area contributed by atoms with Crippen LogP contribution in [-0.4, -0.2) is 24.2 Å². The van der Waals surface area contributed by atoms with Crippen molar-refractivity contribution in [1.29, 1.82) is 5.26 Å². The van der Waals surface area contributed by atoms with Crippen molar-refractivity contribution in [2.24, 2.45) is 0 Å². The summed E-state index contributed by atoms with van der Waals surface area (Å²) in [4.78, 5) is 5.74. The van der Waals surface area contributed by atoms with Crippen LogP contribution in [0.1, 0.15) is 38.7 Å². The van der Waals surface area contributed by atoms with Crippen LogP contribution in [0.3, 0.4) is 0 Å². The van der Waals surface area contributed by atoms with Crippen molar-refractivity contribution in [2.45, 2.75) is 39.2 Å². The summed E-state index contributed by atoms with van der Waals surface area (Å²) in [7, 11) is 0. The van der Waals surface area contributed by atoms with E-state index >= 15 is 0 Å². The van der Waals surface area contributed by atoms with Gasteiger partial charge in [-0.2, -0.15) is 5.26 Å². The molecule has 1 N–H and O–H groups in total. The number of aromatic amines is 1. The average molecular weight is 309 g/mol. The van der Waals surface area contributed by atoms with Crippen LogP contribution in [0.2, 0.25) is 0 Å². The molecule has 2 heterocycles. The number of ether oxygens (including phenoxy) is 1.